The van der Waals surface area contributed by atoms with Gasteiger partial charge in [0.25, 0.3) is 5.56 Å². The SMILES string of the molecule is Cc1cccc(NC(=O)Cn2nnc3sc4c(c3c2=O)CC[C@@H](C)C4)c1C. The second kappa shape index (κ2) is 6.88. The van der Waals surface area contributed by atoms with Gasteiger partial charge in [-0.2, -0.15) is 0 Å². The Morgan fingerprint density at radius 2 is 2.19 bits per heavy atom. The van der Waals surface area contributed by atoms with E-state index in [1.807, 2.05) is 32.0 Å². The van der Waals surface area contributed by atoms with Crippen LogP contribution in [0.3, 0.4) is 0 Å². The number of fused-ring (bicyclic) bond motifs is 3. The molecule has 2 heterocycles. The van der Waals surface area contributed by atoms with Crippen molar-refractivity contribution in [3.8, 4) is 0 Å². The van der Waals surface area contributed by atoms with E-state index in [9.17, 15) is 9.59 Å². The highest BCUT2D eigenvalue weighted by molar-refractivity contribution is 7.18. The zero-order chi connectivity index (χ0) is 19.1. The third-order valence-corrected chi connectivity index (χ3v) is 6.50. The summed E-state index contributed by atoms with van der Waals surface area (Å²) in [5, 5.41) is 11.7. The van der Waals surface area contributed by atoms with Gasteiger partial charge in [0.1, 0.15) is 6.54 Å². The summed E-state index contributed by atoms with van der Waals surface area (Å²) in [5.41, 5.74) is 3.76. The second-order valence-corrected chi connectivity index (χ2v) is 8.46. The minimum atomic E-state index is -0.280. The number of amides is 1. The first-order valence-corrected chi connectivity index (χ1v) is 9.99. The summed E-state index contributed by atoms with van der Waals surface area (Å²) in [4.78, 5) is 27.3. The number of carbonyl (C=O) groups is 1. The molecular formula is C20H22N4O2S. The van der Waals surface area contributed by atoms with E-state index in [2.05, 4.69) is 22.6 Å². The molecule has 4 rings (SSSR count). The summed E-state index contributed by atoms with van der Waals surface area (Å²) in [6.07, 6.45) is 2.96. The number of aromatic nitrogens is 3. The fourth-order valence-corrected chi connectivity index (χ4v) is 4.93. The quantitative estimate of drug-likeness (QED) is 0.754. The molecule has 6 nitrogen and oxygen atoms in total. The van der Waals surface area contributed by atoms with Gasteiger partial charge in [-0.15, -0.1) is 16.4 Å². The number of rotatable bonds is 3. The summed E-state index contributed by atoms with van der Waals surface area (Å²) in [6, 6.07) is 5.75. The number of hydrogen-bond acceptors (Lipinski definition) is 5. The van der Waals surface area contributed by atoms with Crippen LogP contribution < -0.4 is 10.9 Å². The summed E-state index contributed by atoms with van der Waals surface area (Å²) >= 11 is 1.56. The molecule has 1 aliphatic rings. The monoisotopic (exact) mass is 382 g/mol. The molecule has 1 aliphatic carbocycles. The van der Waals surface area contributed by atoms with Crippen LogP contribution in [0.25, 0.3) is 10.2 Å². The van der Waals surface area contributed by atoms with Gasteiger partial charge in [-0.25, -0.2) is 4.68 Å². The van der Waals surface area contributed by atoms with E-state index in [0.29, 0.717) is 16.1 Å². The second-order valence-electron chi connectivity index (χ2n) is 7.38. The summed E-state index contributed by atoms with van der Waals surface area (Å²) in [6.45, 7) is 6.04. The first-order valence-electron chi connectivity index (χ1n) is 9.18. The highest BCUT2D eigenvalue weighted by Gasteiger charge is 2.24. The molecule has 0 saturated heterocycles. The fraction of sp³-hybridized carbons (Fsp3) is 0.400. The van der Waals surface area contributed by atoms with E-state index < -0.39 is 0 Å². The van der Waals surface area contributed by atoms with Gasteiger partial charge in [0.15, 0.2) is 4.83 Å². The van der Waals surface area contributed by atoms with Crippen LogP contribution in [0.4, 0.5) is 5.69 Å². The fourth-order valence-electron chi connectivity index (χ4n) is 3.61. The average Bonchev–Trinajstić information content (AvgIpc) is 2.99. The Labute approximate surface area is 161 Å². The first kappa shape index (κ1) is 17.9. The third-order valence-electron chi connectivity index (χ3n) is 5.36. The minimum absolute atomic E-state index is 0.143. The number of nitrogens with one attached hydrogen (secondary N) is 1. The molecule has 0 unspecified atom stereocenters. The average molecular weight is 382 g/mol. The van der Waals surface area contributed by atoms with E-state index in [4.69, 9.17) is 0 Å². The molecular weight excluding hydrogens is 360 g/mol. The molecule has 3 aromatic rings. The van der Waals surface area contributed by atoms with Crippen molar-refractivity contribution in [2.45, 2.75) is 46.6 Å². The van der Waals surface area contributed by atoms with Crippen molar-refractivity contribution in [3.05, 3.63) is 50.1 Å². The molecule has 0 saturated carbocycles. The lowest BCUT2D eigenvalue weighted by molar-refractivity contribution is -0.117. The topological polar surface area (TPSA) is 76.9 Å². The predicted octanol–water partition coefficient (Wildman–Crippen LogP) is 3.23. The van der Waals surface area contributed by atoms with E-state index in [1.165, 1.54) is 9.56 Å². The van der Waals surface area contributed by atoms with Gasteiger partial charge >= 0.3 is 0 Å². The molecule has 2 aromatic heterocycles. The molecule has 1 amide bonds. The van der Waals surface area contributed by atoms with Gasteiger partial charge in [0.05, 0.1) is 5.39 Å². The van der Waals surface area contributed by atoms with Crippen LogP contribution in [0, 0.1) is 19.8 Å². The Balaban J connectivity index is 1.62. The van der Waals surface area contributed by atoms with Crippen molar-refractivity contribution in [1.29, 1.82) is 0 Å². The predicted molar refractivity (Wildman–Crippen MR) is 107 cm³/mol. The molecule has 1 atom stereocenters. The summed E-state index contributed by atoms with van der Waals surface area (Å²) in [5.74, 6) is 0.348. The number of anilines is 1. The lowest BCUT2D eigenvalue weighted by Crippen LogP contribution is -2.30. The van der Waals surface area contributed by atoms with Crippen molar-refractivity contribution in [1.82, 2.24) is 15.0 Å². The van der Waals surface area contributed by atoms with Gasteiger partial charge in [0, 0.05) is 10.6 Å². The van der Waals surface area contributed by atoms with Crippen molar-refractivity contribution < 1.29 is 4.79 Å². The number of thiophene rings is 1. The van der Waals surface area contributed by atoms with Gasteiger partial charge in [0.2, 0.25) is 5.91 Å². The molecule has 140 valence electrons. The number of hydrogen-bond donors (Lipinski definition) is 1. The molecule has 0 spiro atoms. The molecule has 0 aliphatic heterocycles. The van der Waals surface area contributed by atoms with E-state index in [-0.39, 0.29) is 18.0 Å². The summed E-state index contributed by atoms with van der Waals surface area (Å²) < 4.78 is 1.17. The Kier molecular flexibility index (Phi) is 4.55. The molecule has 0 bridgehead atoms. The van der Waals surface area contributed by atoms with E-state index in [0.717, 1.165) is 41.6 Å². The van der Waals surface area contributed by atoms with Crippen molar-refractivity contribution in [2.24, 2.45) is 5.92 Å². The lowest BCUT2D eigenvalue weighted by atomic mass is 9.89. The molecule has 27 heavy (non-hydrogen) atoms. The normalized spacial score (nSPS) is 16.3. The van der Waals surface area contributed by atoms with Crippen LogP contribution in [0.1, 0.15) is 34.9 Å². The van der Waals surface area contributed by atoms with Crippen LogP contribution in [-0.2, 0) is 24.2 Å². The number of carbonyl (C=O) groups excluding carboxylic acids is 1. The van der Waals surface area contributed by atoms with Gasteiger partial charge in [-0.1, -0.05) is 24.3 Å². The van der Waals surface area contributed by atoms with Crippen LogP contribution in [0.15, 0.2) is 23.0 Å². The highest BCUT2D eigenvalue weighted by Crippen LogP contribution is 2.35. The van der Waals surface area contributed by atoms with Crippen molar-refractivity contribution in [3.63, 3.8) is 0 Å². The largest absolute Gasteiger partial charge is 0.324 e. The van der Waals surface area contributed by atoms with Gasteiger partial charge < -0.3 is 5.32 Å². The van der Waals surface area contributed by atoms with E-state index in [1.54, 1.807) is 11.3 Å². The minimum Gasteiger partial charge on any atom is -0.324 e. The third kappa shape index (κ3) is 3.27. The smallest absolute Gasteiger partial charge is 0.279 e. The summed E-state index contributed by atoms with van der Waals surface area (Å²) in [7, 11) is 0. The van der Waals surface area contributed by atoms with E-state index >= 15 is 0 Å². The number of benzene rings is 1. The van der Waals surface area contributed by atoms with Crippen LogP contribution in [0.2, 0.25) is 0 Å². The highest BCUT2D eigenvalue weighted by atomic mass is 32.1. The van der Waals surface area contributed by atoms with Crippen molar-refractivity contribution >= 4 is 33.1 Å². The van der Waals surface area contributed by atoms with Crippen molar-refractivity contribution in [2.75, 3.05) is 5.32 Å². The molecule has 0 radical (unpaired) electrons. The van der Waals surface area contributed by atoms with Crippen LogP contribution in [-0.4, -0.2) is 20.9 Å². The number of nitrogens with zero attached hydrogens (tertiary/aromatic N) is 3. The maximum absolute atomic E-state index is 12.9. The maximum atomic E-state index is 12.9. The number of aryl methyl sites for hydroxylation is 2. The molecule has 1 N–H and O–H groups in total. The Hall–Kier alpha value is -2.54. The zero-order valence-electron chi connectivity index (χ0n) is 15.7. The molecule has 1 aromatic carbocycles. The Morgan fingerprint density at radius 1 is 1.37 bits per heavy atom. The van der Waals surface area contributed by atoms with Gasteiger partial charge in [-0.3, -0.25) is 9.59 Å². The maximum Gasteiger partial charge on any atom is 0.279 e. The van der Waals surface area contributed by atoms with Crippen LogP contribution in [0.5, 0.6) is 0 Å². The lowest BCUT2D eigenvalue weighted by Gasteiger charge is -2.17. The zero-order valence-corrected chi connectivity index (χ0v) is 16.5. The van der Waals surface area contributed by atoms with Crippen LogP contribution >= 0.6 is 11.3 Å². The molecule has 7 heteroatoms. The van der Waals surface area contributed by atoms with Gasteiger partial charge in [-0.05, 0) is 61.8 Å². The Bertz CT molecular complexity index is 1100. The first-order chi connectivity index (χ1) is 12.9. The Morgan fingerprint density at radius 3 is 3.00 bits per heavy atom. The molecule has 0 fully saturated rings. The standard InChI is InChI=1S/C20H22N4O2S/c1-11-7-8-14-16(9-11)27-19-18(14)20(26)24(23-22-19)10-17(25)21-15-6-4-5-12(2)13(15)3/h4-6,11H,7-10H2,1-3H3,(H,21,25)/t11-/m1/s1.